The Morgan fingerprint density at radius 2 is 1.54 bits per heavy atom. The Kier molecular flexibility index (Phi) is 8.39. The van der Waals surface area contributed by atoms with E-state index in [0.29, 0.717) is 30.3 Å². The van der Waals surface area contributed by atoms with Crippen LogP contribution in [0.4, 0.5) is 0 Å². The van der Waals surface area contributed by atoms with Gasteiger partial charge in [0.05, 0.1) is 19.3 Å². The monoisotopic (exact) mass is 468 g/mol. The van der Waals surface area contributed by atoms with Crippen molar-refractivity contribution in [2.75, 3.05) is 13.7 Å². The number of unbranched alkanes of at least 4 members (excludes halogenated alkanes) is 3. The molecule has 0 aliphatic rings. The fourth-order valence-electron chi connectivity index (χ4n) is 4.16. The van der Waals surface area contributed by atoms with E-state index in [4.69, 9.17) is 14.2 Å². The van der Waals surface area contributed by atoms with Crippen LogP contribution in [0.15, 0.2) is 84.9 Å². The van der Waals surface area contributed by atoms with Crippen LogP contribution in [-0.2, 0) is 11.3 Å². The molecule has 0 aliphatic carbocycles. The Morgan fingerprint density at radius 3 is 2.31 bits per heavy atom. The predicted octanol–water partition coefficient (Wildman–Crippen LogP) is 7.83. The fraction of sp³-hybridized carbons (Fsp3) is 0.258. The zero-order valence-corrected chi connectivity index (χ0v) is 20.5. The minimum Gasteiger partial charge on any atom is -0.492 e. The van der Waals surface area contributed by atoms with Crippen molar-refractivity contribution in [3.05, 3.63) is 96.1 Å². The van der Waals surface area contributed by atoms with Crippen LogP contribution in [-0.4, -0.2) is 19.7 Å². The zero-order chi connectivity index (χ0) is 24.5. The minimum absolute atomic E-state index is 0.401. The molecule has 0 unspecified atom stereocenters. The number of ether oxygens (including phenoxy) is 3. The highest BCUT2D eigenvalue weighted by atomic mass is 16.5. The lowest BCUT2D eigenvalue weighted by molar-refractivity contribution is 0.0596. The van der Waals surface area contributed by atoms with Gasteiger partial charge in [-0.1, -0.05) is 92.9 Å². The van der Waals surface area contributed by atoms with Crippen LogP contribution in [0.25, 0.3) is 21.9 Å². The summed E-state index contributed by atoms with van der Waals surface area (Å²) in [6.45, 7) is 3.11. The lowest BCUT2D eigenvalue weighted by Gasteiger charge is -2.20. The third kappa shape index (κ3) is 6.02. The van der Waals surface area contributed by atoms with Crippen molar-refractivity contribution >= 4 is 16.7 Å². The largest absolute Gasteiger partial charge is 0.492 e. The summed E-state index contributed by atoms with van der Waals surface area (Å²) in [5, 5.41) is 2.26. The van der Waals surface area contributed by atoms with E-state index in [0.717, 1.165) is 53.1 Å². The summed E-state index contributed by atoms with van der Waals surface area (Å²) in [6.07, 6.45) is 4.31. The van der Waals surface area contributed by atoms with Crippen LogP contribution in [0.3, 0.4) is 0 Å². The van der Waals surface area contributed by atoms with Crippen molar-refractivity contribution in [3.8, 4) is 22.6 Å². The molecule has 4 aromatic rings. The summed E-state index contributed by atoms with van der Waals surface area (Å²) < 4.78 is 17.7. The third-order valence-electron chi connectivity index (χ3n) is 6.04. The molecular formula is C31H32O4. The van der Waals surface area contributed by atoms with Gasteiger partial charge in [0.2, 0.25) is 0 Å². The molecule has 0 spiro atoms. The summed E-state index contributed by atoms with van der Waals surface area (Å²) in [5.41, 5.74) is 3.17. The van der Waals surface area contributed by atoms with Gasteiger partial charge >= 0.3 is 5.97 Å². The summed E-state index contributed by atoms with van der Waals surface area (Å²) in [5.74, 6) is 0.750. The summed E-state index contributed by atoms with van der Waals surface area (Å²) in [7, 11) is 1.39. The average molecular weight is 469 g/mol. The summed E-state index contributed by atoms with van der Waals surface area (Å²) in [4.78, 5) is 12.7. The molecule has 0 amide bonds. The third-order valence-corrected chi connectivity index (χ3v) is 6.04. The molecule has 4 rings (SSSR count). The van der Waals surface area contributed by atoms with Crippen LogP contribution in [0.2, 0.25) is 0 Å². The van der Waals surface area contributed by atoms with E-state index < -0.39 is 5.97 Å². The van der Waals surface area contributed by atoms with Crippen LogP contribution in [0, 0.1) is 0 Å². The van der Waals surface area contributed by atoms with E-state index in [1.807, 2.05) is 48.5 Å². The molecular weight excluding hydrogens is 436 g/mol. The first-order chi connectivity index (χ1) is 17.2. The molecule has 0 fully saturated rings. The van der Waals surface area contributed by atoms with Crippen LogP contribution >= 0.6 is 0 Å². The zero-order valence-electron chi connectivity index (χ0n) is 20.5. The van der Waals surface area contributed by atoms with E-state index in [1.54, 1.807) is 6.07 Å². The Labute approximate surface area is 207 Å². The lowest BCUT2D eigenvalue weighted by Crippen LogP contribution is -2.09. The van der Waals surface area contributed by atoms with Gasteiger partial charge in [0.15, 0.2) is 0 Å². The first kappa shape index (κ1) is 24.3. The molecule has 0 radical (unpaired) electrons. The second-order valence-corrected chi connectivity index (χ2v) is 8.55. The molecule has 0 aliphatic heterocycles. The van der Waals surface area contributed by atoms with Crippen molar-refractivity contribution < 1.29 is 19.0 Å². The molecule has 0 aromatic heterocycles. The van der Waals surface area contributed by atoms with Gasteiger partial charge in [0.25, 0.3) is 0 Å². The van der Waals surface area contributed by atoms with Crippen molar-refractivity contribution in [1.82, 2.24) is 0 Å². The second-order valence-electron chi connectivity index (χ2n) is 8.55. The molecule has 0 saturated heterocycles. The first-order valence-electron chi connectivity index (χ1n) is 12.2. The van der Waals surface area contributed by atoms with Gasteiger partial charge in [-0.3, -0.25) is 0 Å². The molecule has 0 bridgehead atoms. The molecule has 0 saturated carbocycles. The van der Waals surface area contributed by atoms with E-state index in [9.17, 15) is 4.79 Å². The number of esters is 1. The van der Waals surface area contributed by atoms with Gasteiger partial charge < -0.3 is 14.2 Å². The number of methoxy groups -OCH3 is 1. The normalized spacial score (nSPS) is 10.8. The molecule has 4 heteroatoms. The molecule has 0 atom stereocenters. The second kappa shape index (κ2) is 12.1. The number of rotatable bonds is 11. The van der Waals surface area contributed by atoms with Gasteiger partial charge in [0.1, 0.15) is 23.7 Å². The number of hydrogen-bond acceptors (Lipinski definition) is 4. The van der Waals surface area contributed by atoms with Gasteiger partial charge in [-0.15, -0.1) is 0 Å². The SMILES string of the molecule is CCCCCCOc1c(C(=O)OC)ccc(OCc2ccccc2)c1-c1ccc2ccccc2c1. The van der Waals surface area contributed by atoms with Gasteiger partial charge in [-0.05, 0) is 46.5 Å². The molecule has 0 N–H and O–H groups in total. The molecule has 180 valence electrons. The molecule has 35 heavy (non-hydrogen) atoms. The van der Waals surface area contributed by atoms with Crippen molar-refractivity contribution in [2.45, 2.75) is 39.2 Å². The number of fused-ring (bicyclic) bond motifs is 1. The Balaban J connectivity index is 1.79. The van der Waals surface area contributed by atoms with Crippen LogP contribution < -0.4 is 9.47 Å². The summed E-state index contributed by atoms with van der Waals surface area (Å²) >= 11 is 0. The topological polar surface area (TPSA) is 44.8 Å². The van der Waals surface area contributed by atoms with Crippen LogP contribution in [0.1, 0.15) is 48.5 Å². The highest BCUT2D eigenvalue weighted by Gasteiger charge is 2.23. The van der Waals surface area contributed by atoms with E-state index >= 15 is 0 Å². The standard InChI is InChI=1S/C31H32O4/c1-3-4-5-11-20-34-30-27(31(32)33-2)18-19-28(35-22-23-12-7-6-8-13-23)29(30)26-17-16-24-14-9-10-15-25(24)21-26/h6-10,12-19,21H,3-5,11,20,22H2,1-2H3. The molecule has 0 heterocycles. The smallest absolute Gasteiger partial charge is 0.341 e. The lowest BCUT2D eigenvalue weighted by atomic mass is 9.97. The van der Waals surface area contributed by atoms with Gasteiger partial charge in [-0.25, -0.2) is 4.79 Å². The van der Waals surface area contributed by atoms with Gasteiger partial charge in [-0.2, -0.15) is 0 Å². The highest BCUT2D eigenvalue weighted by molar-refractivity contribution is 5.98. The van der Waals surface area contributed by atoms with E-state index in [1.165, 1.54) is 7.11 Å². The van der Waals surface area contributed by atoms with Crippen LogP contribution in [0.5, 0.6) is 11.5 Å². The van der Waals surface area contributed by atoms with Crippen molar-refractivity contribution in [3.63, 3.8) is 0 Å². The maximum absolute atomic E-state index is 12.7. The average Bonchev–Trinajstić information content (AvgIpc) is 2.91. The van der Waals surface area contributed by atoms with E-state index in [-0.39, 0.29) is 0 Å². The molecule has 4 aromatic carbocycles. The Hall–Kier alpha value is -3.79. The number of hydrogen-bond donors (Lipinski definition) is 0. The molecule has 4 nitrogen and oxygen atoms in total. The Morgan fingerprint density at radius 1 is 0.771 bits per heavy atom. The summed E-state index contributed by atoms with van der Waals surface area (Å²) in [6, 6.07) is 28.1. The Bertz CT molecular complexity index is 1260. The number of carbonyl (C=O) groups is 1. The maximum atomic E-state index is 12.7. The minimum atomic E-state index is -0.426. The maximum Gasteiger partial charge on any atom is 0.341 e. The van der Waals surface area contributed by atoms with E-state index in [2.05, 4.69) is 37.3 Å². The van der Waals surface area contributed by atoms with Gasteiger partial charge in [0, 0.05) is 0 Å². The quantitative estimate of drug-likeness (QED) is 0.166. The number of benzene rings is 4. The van der Waals surface area contributed by atoms with Crippen molar-refractivity contribution in [1.29, 1.82) is 0 Å². The van der Waals surface area contributed by atoms with Crippen molar-refractivity contribution in [2.24, 2.45) is 0 Å². The number of carbonyl (C=O) groups excluding carboxylic acids is 1. The fourth-order valence-corrected chi connectivity index (χ4v) is 4.16. The highest BCUT2D eigenvalue weighted by Crippen LogP contribution is 2.42. The predicted molar refractivity (Wildman–Crippen MR) is 141 cm³/mol. The first-order valence-corrected chi connectivity index (χ1v) is 12.2.